The first-order valence-electron chi connectivity index (χ1n) is 10.5. The smallest absolute Gasteiger partial charge is 0.374 e. The molecular formula is C23H21F3N4O4. The highest BCUT2D eigenvalue weighted by Gasteiger charge is 2.32. The number of alkyl halides is 3. The van der Waals surface area contributed by atoms with Crippen molar-refractivity contribution < 1.29 is 27.9 Å². The van der Waals surface area contributed by atoms with Crippen molar-refractivity contribution in [3.05, 3.63) is 75.3 Å². The first-order chi connectivity index (χ1) is 16.1. The molecular weight excluding hydrogens is 453 g/mol. The number of benzene rings is 2. The minimum atomic E-state index is -4.58. The summed E-state index contributed by atoms with van der Waals surface area (Å²) in [5.41, 5.74) is -0.827. The lowest BCUT2D eigenvalue weighted by Crippen LogP contribution is -2.47. The summed E-state index contributed by atoms with van der Waals surface area (Å²) in [6.45, 7) is 1.46. The molecule has 2 heterocycles. The summed E-state index contributed by atoms with van der Waals surface area (Å²) >= 11 is 0. The van der Waals surface area contributed by atoms with Gasteiger partial charge in [-0.3, -0.25) is 19.0 Å². The number of carbonyl (C=O) groups is 2. The van der Waals surface area contributed by atoms with Gasteiger partial charge in [-0.1, -0.05) is 18.2 Å². The molecule has 178 valence electrons. The average Bonchev–Trinajstić information content (AvgIpc) is 2.78. The summed E-state index contributed by atoms with van der Waals surface area (Å²) in [6.07, 6.45) is -5.04. The van der Waals surface area contributed by atoms with Crippen LogP contribution in [0, 0.1) is 6.92 Å². The molecule has 8 nitrogen and oxygen atoms in total. The predicted molar refractivity (Wildman–Crippen MR) is 116 cm³/mol. The third-order valence-corrected chi connectivity index (χ3v) is 5.72. The number of rotatable bonds is 4. The van der Waals surface area contributed by atoms with Crippen LogP contribution in [0.1, 0.15) is 46.2 Å². The number of hydrogen-bond donors (Lipinski definition) is 3. The number of aryl methyl sites for hydroxylation is 1. The van der Waals surface area contributed by atoms with E-state index in [0.29, 0.717) is 16.9 Å². The van der Waals surface area contributed by atoms with Gasteiger partial charge in [-0.05, 0) is 49.6 Å². The zero-order chi connectivity index (χ0) is 24.6. The van der Waals surface area contributed by atoms with E-state index in [9.17, 15) is 32.7 Å². The molecule has 4 rings (SSSR count). The Morgan fingerprint density at radius 2 is 1.94 bits per heavy atom. The van der Waals surface area contributed by atoms with E-state index in [2.05, 4.69) is 15.6 Å². The van der Waals surface area contributed by atoms with E-state index >= 15 is 0 Å². The Kier molecular flexibility index (Phi) is 6.13. The molecule has 0 radical (unpaired) electrons. The predicted octanol–water partition coefficient (Wildman–Crippen LogP) is 2.42. The van der Waals surface area contributed by atoms with Gasteiger partial charge in [-0.2, -0.15) is 13.2 Å². The number of hydrogen-bond acceptors (Lipinski definition) is 5. The quantitative estimate of drug-likeness (QED) is 0.538. The number of aromatic nitrogens is 2. The molecule has 34 heavy (non-hydrogen) atoms. The first kappa shape index (κ1) is 23.4. The van der Waals surface area contributed by atoms with Crippen LogP contribution in [0.25, 0.3) is 10.9 Å². The number of halogens is 3. The number of piperidine rings is 1. The highest BCUT2D eigenvalue weighted by atomic mass is 19.4. The molecule has 1 aliphatic rings. The van der Waals surface area contributed by atoms with E-state index in [1.54, 1.807) is 25.1 Å². The van der Waals surface area contributed by atoms with Crippen molar-refractivity contribution in [2.75, 3.05) is 0 Å². The van der Waals surface area contributed by atoms with Crippen molar-refractivity contribution >= 4 is 22.7 Å². The topological polar surface area (TPSA) is 113 Å². The maximum Gasteiger partial charge on any atom is 0.416 e. The van der Waals surface area contributed by atoms with E-state index in [1.165, 1.54) is 10.6 Å². The fourth-order valence-corrected chi connectivity index (χ4v) is 4.08. The SMILES string of the molecule is Cc1nc2cccc(CNC(=O)c3cccc(C(F)(F)F)c3)c2c(=O)n1C1CCC(O)NC1=O. The van der Waals surface area contributed by atoms with E-state index in [1.807, 2.05) is 0 Å². The molecule has 1 saturated heterocycles. The van der Waals surface area contributed by atoms with Crippen molar-refractivity contribution in [3.63, 3.8) is 0 Å². The Labute approximate surface area is 191 Å². The van der Waals surface area contributed by atoms with E-state index in [0.717, 1.165) is 18.2 Å². The standard InChI is InChI=1S/C23H21F3N4O4/c1-12-28-16-7-3-5-14(11-27-20(32)13-4-2-6-15(10-13)23(24,25)26)19(16)22(34)30(12)17-8-9-18(31)29-21(17)33/h2-7,10,17-18,31H,8-9,11H2,1H3,(H,27,32)(H,29,33). The van der Waals surface area contributed by atoms with Crippen LogP contribution in [0.2, 0.25) is 0 Å². The highest BCUT2D eigenvalue weighted by molar-refractivity contribution is 5.94. The van der Waals surface area contributed by atoms with Crippen molar-refractivity contribution in [2.45, 2.75) is 44.8 Å². The minimum absolute atomic E-state index is 0.137. The Balaban J connectivity index is 1.66. The Bertz CT molecular complexity index is 1340. The van der Waals surface area contributed by atoms with Crippen molar-refractivity contribution in [3.8, 4) is 0 Å². The Hall–Kier alpha value is -3.73. The molecule has 0 aliphatic carbocycles. The van der Waals surface area contributed by atoms with Crippen LogP contribution >= 0.6 is 0 Å². The molecule has 3 aromatic rings. The highest BCUT2D eigenvalue weighted by Crippen LogP contribution is 2.29. The summed E-state index contributed by atoms with van der Waals surface area (Å²) in [5, 5.41) is 14.8. The van der Waals surface area contributed by atoms with Crippen LogP contribution < -0.4 is 16.2 Å². The van der Waals surface area contributed by atoms with Crippen molar-refractivity contribution in [1.29, 1.82) is 0 Å². The van der Waals surface area contributed by atoms with Crippen LogP contribution in [0.5, 0.6) is 0 Å². The molecule has 3 N–H and O–H groups in total. The average molecular weight is 474 g/mol. The first-order valence-corrected chi connectivity index (χ1v) is 10.5. The van der Waals surface area contributed by atoms with Crippen LogP contribution in [0.4, 0.5) is 13.2 Å². The molecule has 1 fully saturated rings. The van der Waals surface area contributed by atoms with Gasteiger partial charge in [-0.15, -0.1) is 0 Å². The van der Waals surface area contributed by atoms with Gasteiger partial charge >= 0.3 is 6.18 Å². The molecule has 0 saturated carbocycles. The third kappa shape index (κ3) is 4.51. The van der Waals surface area contributed by atoms with E-state index in [4.69, 9.17) is 0 Å². The summed E-state index contributed by atoms with van der Waals surface area (Å²) in [7, 11) is 0. The number of aliphatic hydroxyl groups excluding tert-OH is 1. The van der Waals surface area contributed by atoms with Crippen LogP contribution in [0.3, 0.4) is 0 Å². The lowest BCUT2D eigenvalue weighted by atomic mass is 10.0. The summed E-state index contributed by atoms with van der Waals surface area (Å²) < 4.78 is 40.1. The van der Waals surface area contributed by atoms with Crippen LogP contribution in [-0.2, 0) is 17.5 Å². The second kappa shape index (κ2) is 8.90. The molecule has 2 unspecified atom stereocenters. The molecule has 0 bridgehead atoms. The zero-order valence-electron chi connectivity index (χ0n) is 18.0. The molecule has 0 spiro atoms. The normalized spacial score (nSPS) is 18.6. The van der Waals surface area contributed by atoms with Crippen molar-refractivity contribution in [2.24, 2.45) is 0 Å². The maximum atomic E-state index is 13.4. The number of amides is 2. The summed E-state index contributed by atoms with van der Waals surface area (Å²) in [4.78, 5) is 42.8. The van der Waals surface area contributed by atoms with Gasteiger partial charge in [-0.25, -0.2) is 4.98 Å². The fraction of sp³-hybridized carbons (Fsp3) is 0.304. The lowest BCUT2D eigenvalue weighted by molar-refractivity contribution is -0.137. The minimum Gasteiger partial charge on any atom is -0.374 e. The van der Waals surface area contributed by atoms with Gasteiger partial charge in [0, 0.05) is 12.1 Å². The van der Waals surface area contributed by atoms with Gasteiger partial charge < -0.3 is 15.7 Å². The van der Waals surface area contributed by atoms with Gasteiger partial charge in [0.05, 0.1) is 16.5 Å². The Morgan fingerprint density at radius 1 is 1.21 bits per heavy atom. The molecule has 11 heteroatoms. The van der Waals surface area contributed by atoms with Crippen LogP contribution in [0.15, 0.2) is 47.3 Å². The molecule has 2 atom stereocenters. The number of fused-ring (bicyclic) bond motifs is 1. The zero-order valence-corrected chi connectivity index (χ0v) is 18.0. The molecule has 1 aliphatic heterocycles. The number of carbonyl (C=O) groups excluding carboxylic acids is 2. The molecule has 1 aromatic heterocycles. The number of aliphatic hydroxyl groups is 1. The maximum absolute atomic E-state index is 13.4. The largest absolute Gasteiger partial charge is 0.416 e. The molecule has 2 amide bonds. The number of nitrogens with zero attached hydrogens (tertiary/aromatic N) is 2. The van der Waals surface area contributed by atoms with Crippen molar-refractivity contribution in [1.82, 2.24) is 20.2 Å². The van der Waals surface area contributed by atoms with E-state index < -0.39 is 41.4 Å². The second-order valence-corrected chi connectivity index (χ2v) is 8.02. The summed E-state index contributed by atoms with van der Waals surface area (Å²) in [6, 6.07) is 8.06. The van der Waals surface area contributed by atoms with Gasteiger partial charge in [0.25, 0.3) is 11.5 Å². The molecule has 2 aromatic carbocycles. The monoisotopic (exact) mass is 474 g/mol. The lowest BCUT2D eigenvalue weighted by Gasteiger charge is -2.28. The van der Waals surface area contributed by atoms with Gasteiger partial charge in [0.15, 0.2) is 0 Å². The second-order valence-electron chi connectivity index (χ2n) is 8.02. The summed E-state index contributed by atoms with van der Waals surface area (Å²) in [5.74, 6) is -0.913. The Morgan fingerprint density at radius 3 is 2.65 bits per heavy atom. The number of nitrogens with one attached hydrogen (secondary N) is 2. The van der Waals surface area contributed by atoms with Crippen LogP contribution in [-0.4, -0.2) is 32.7 Å². The van der Waals surface area contributed by atoms with Gasteiger partial charge in [0.1, 0.15) is 18.1 Å². The van der Waals surface area contributed by atoms with E-state index in [-0.39, 0.29) is 30.3 Å². The third-order valence-electron chi connectivity index (χ3n) is 5.72. The van der Waals surface area contributed by atoms with Gasteiger partial charge in [0.2, 0.25) is 5.91 Å². The fourth-order valence-electron chi connectivity index (χ4n) is 4.08.